The van der Waals surface area contributed by atoms with E-state index in [9.17, 15) is 0 Å². The van der Waals surface area contributed by atoms with Crippen LogP contribution < -0.4 is 15.5 Å². The van der Waals surface area contributed by atoms with Gasteiger partial charge in [-0.25, -0.2) is 4.98 Å². The van der Waals surface area contributed by atoms with Gasteiger partial charge >= 0.3 is 0 Å². The highest BCUT2D eigenvalue weighted by Crippen LogP contribution is 2.35. The maximum atomic E-state index is 5.22. The van der Waals surface area contributed by atoms with Gasteiger partial charge in [0.15, 0.2) is 5.13 Å². The highest BCUT2D eigenvalue weighted by molar-refractivity contribution is 7.13. The van der Waals surface area contributed by atoms with Crippen molar-refractivity contribution >= 4 is 27.6 Å². The molecule has 0 saturated carbocycles. The SMILES string of the molecule is CCN(CCOC)c1nc(C2=CNC3NC=C(c4ccccc4)C=C23)cs1. The zero-order valence-corrected chi connectivity index (χ0v) is 16.4. The molecule has 0 fully saturated rings. The molecule has 1 aromatic carbocycles. The highest BCUT2D eigenvalue weighted by Gasteiger charge is 2.27. The lowest BCUT2D eigenvalue weighted by Gasteiger charge is -2.21. The van der Waals surface area contributed by atoms with Gasteiger partial charge in [0.2, 0.25) is 0 Å². The van der Waals surface area contributed by atoms with Gasteiger partial charge in [0.05, 0.1) is 12.3 Å². The Morgan fingerprint density at radius 3 is 2.78 bits per heavy atom. The first-order valence-electron chi connectivity index (χ1n) is 9.19. The Kier molecular flexibility index (Phi) is 5.27. The number of aromatic nitrogens is 1. The summed E-state index contributed by atoms with van der Waals surface area (Å²) in [6.45, 7) is 4.62. The lowest BCUT2D eigenvalue weighted by atomic mass is 9.96. The van der Waals surface area contributed by atoms with E-state index in [0.717, 1.165) is 29.5 Å². The Morgan fingerprint density at radius 1 is 1.19 bits per heavy atom. The lowest BCUT2D eigenvalue weighted by Crippen LogP contribution is -2.36. The molecule has 2 aliphatic rings. The third-order valence-electron chi connectivity index (χ3n) is 4.83. The number of thiazole rings is 1. The van der Waals surface area contributed by atoms with Crippen molar-refractivity contribution in [3.8, 4) is 0 Å². The van der Waals surface area contributed by atoms with Crippen LogP contribution in [0.3, 0.4) is 0 Å². The van der Waals surface area contributed by atoms with E-state index in [1.165, 1.54) is 16.7 Å². The van der Waals surface area contributed by atoms with Crippen molar-refractivity contribution < 1.29 is 4.74 Å². The Hall–Kier alpha value is -2.57. The molecule has 5 nitrogen and oxygen atoms in total. The normalized spacial score (nSPS) is 18.0. The Labute approximate surface area is 164 Å². The van der Waals surface area contributed by atoms with Crippen molar-refractivity contribution in [2.45, 2.75) is 13.1 Å². The number of hydrogen-bond acceptors (Lipinski definition) is 6. The number of nitrogens with one attached hydrogen (secondary N) is 2. The van der Waals surface area contributed by atoms with Crippen molar-refractivity contribution in [3.05, 3.63) is 71.0 Å². The molecule has 1 atom stereocenters. The van der Waals surface area contributed by atoms with Crippen LogP contribution >= 0.6 is 11.3 Å². The second-order valence-corrected chi connectivity index (χ2v) is 7.31. The first-order valence-corrected chi connectivity index (χ1v) is 10.1. The zero-order chi connectivity index (χ0) is 18.6. The first-order chi connectivity index (χ1) is 13.3. The molecular formula is C21H24N4OS. The van der Waals surface area contributed by atoms with E-state index in [-0.39, 0.29) is 6.17 Å². The van der Waals surface area contributed by atoms with E-state index < -0.39 is 0 Å². The number of hydrogen-bond donors (Lipinski definition) is 2. The molecule has 0 radical (unpaired) electrons. The van der Waals surface area contributed by atoms with E-state index in [0.29, 0.717) is 6.61 Å². The number of likely N-dealkylation sites (N-methyl/N-ethyl adjacent to an activating group) is 1. The minimum atomic E-state index is 0.105. The summed E-state index contributed by atoms with van der Waals surface area (Å²) < 4.78 is 5.22. The molecule has 1 aromatic heterocycles. The van der Waals surface area contributed by atoms with Gasteiger partial charge in [-0.15, -0.1) is 11.3 Å². The van der Waals surface area contributed by atoms with Crippen LogP contribution in [0.5, 0.6) is 0 Å². The summed E-state index contributed by atoms with van der Waals surface area (Å²) in [5.41, 5.74) is 5.79. The van der Waals surface area contributed by atoms with Crippen LogP contribution in [0.15, 0.2) is 59.8 Å². The Morgan fingerprint density at radius 2 is 2.00 bits per heavy atom. The topological polar surface area (TPSA) is 49.4 Å². The number of benzene rings is 1. The minimum absolute atomic E-state index is 0.105. The molecular weight excluding hydrogens is 356 g/mol. The number of fused-ring (bicyclic) bond motifs is 1. The van der Waals surface area contributed by atoms with Gasteiger partial charge in [-0.3, -0.25) is 0 Å². The molecule has 2 N–H and O–H groups in total. The van der Waals surface area contributed by atoms with Gasteiger partial charge in [0.1, 0.15) is 6.17 Å². The molecule has 0 amide bonds. The summed E-state index contributed by atoms with van der Waals surface area (Å²) >= 11 is 1.68. The van der Waals surface area contributed by atoms with Crippen molar-refractivity contribution in [2.75, 3.05) is 31.7 Å². The minimum Gasteiger partial charge on any atom is -0.383 e. The van der Waals surface area contributed by atoms with Gasteiger partial charge in [-0.1, -0.05) is 30.3 Å². The molecule has 0 aliphatic carbocycles. The number of nitrogens with zero attached hydrogens (tertiary/aromatic N) is 2. The molecule has 0 spiro atoms. The van der Waals surface area contributed by atoms with Crippen LogP contribution in [0.1, 0.15) is 18.2 Å². The largest absolute Gasteiger partial charge is 0.383 e. The zero-order valence-electron chi connectivity index (χ0n) is 15.6. The van der Waals surface area contributed by atoms with Crippen LogP contribution in [-0.4, -0.2) is 38.0 Å². The van der Waals surface area contributed by atoms with Crippen LogP contribution in [0.25, 0.3) is 11.1 Å². The van der Waals surface area contributed by atoms with Crippen LogP contribution in [-0.2, 0) is 4.74 Å². The third kappa shape index (κ3) is 3.63. The summed E-state index contributed by atoms with van der Waals surface area (Å²) in [5, 5.41) is 10.0. The number of anilines is 1. The van der Waals surface area contributed by atoms with Crippen LogP contribution in [0.4, 0.5) is 5.13 Å². The number of ether oxygens (including phenoxy) is 1. The quantitative estimate of drug-likeness (QED) is 0.770. The predicted octanol–water partition coefficient (Wildman–Crippen LogP) is 3.46. The van der Waals surface area contributed by atoms with E-state index in [2.05, 4.69) is 70.6 Å². The summed E-state index contributed by atoms with van der Waals surface area (Å²) in [6.07, 6.45) is 6.50. The smallest absolute Gasteiger partial charge is 0.185 e. The van der Waals surface area contributed by atoms with E-state index in [1.54, 1.807) is 18.4 Å². The molecule has 6 heteroatoms. The Bertz CT molecular complexity index is 885. The third-order valence-corrected chi connectivity index (χ3v) is 5.73. The molecule has 3 heterocycles. The molecule has 1 unspecified atom stereocenters. The van der Waals surface area contributed by atoms with Gasteiger partial charge in [0, 0.05) is 49.1 Å². The number of dihydropyridines is 1. The highest BCUT2D eigenvalue weighted by atomic mass is 32.1. The average Bonchev–Trinajstić information content (AvgIpc) is 3.36. The molecule has 0 bridgehead atoms. The predicted molar refractivity (Wildman–Crippen MR) is 112 cm³/mol. The van der Waals surface area contributed by atoms with E-state index in [1.807, 2.05) is 6.07 Å². The van der Waals surface area contributed by atoms with Gasteiger partial charge < -0.3 is 20.3 Å². The van der Waals surface area contributed by atoms with Crippen molar-refractivity contribution in [1.29, 1.82) is 0 Å². The molecule has 140 valence electrons. The second-order valence-electron chi connectivity index (χ2n) is 6.48. The van der Waals surface area contributed by atoms with Crippen molar-refractivity contribution in [3.63, 3.8) is 0 Å². The van der Waals surface area contributed by atoms with Gasteiger partial charge in [0.25, 0.3) is 0 Å². The lowest BCUT2D eigenvalue weighted by molar-refractivity contribution is 0.205. The molecule has 4 rings (SSSR count). The summed E-state index contributed by atoms with van der Waals surface area (Å²) in [5.74, 6) is 0. The summed E-state index contributed by atoms with van der Waals surface area (Å²) in [7, 11) is 1.73. The fourth-order valence-electron chi connectivity index (χ4n) is 3.32. The van der Waals surface area contributed by atoms with Crippen molar-refractivity contribution in [2.24, 2.45) is 0 Å². The molecule has 0 saturated heterocycles. The van der Waals surface area contributed by atoms with Crippen LogP contribution in [0, 0.1) is 0 Å². The van der Waals surface area contributed by atoms with Crippen LogP contribution in [0.2, 0.25) is 0 Å². The molecule has 2 aliphatic heterocycles. The maximum absolute atomic E-state index is 5.22. The van der Waals surface area contributed by atoms with Gasteiger partial charge in [-0.2, -0.15) is 0 Å². The fraction of sp³-hybridized carbons (Fsp3) is 0.286. The second kappa shape index (κ2) is 7.98. The fourth-order valence-corrected chi connectivity index (χ4v) is 4.24. The standard InChI is InChI=1S/C21H24N4OS/c1-3-25(9-10-26-2)21-24-19(14-27-21)18-13-23-20-17(18)11-16(12-22-20)15-7-5-4-6-8-15/h4-8,11-14,20,22-23H,3,9-10H2,1-2H3. The monoisotopic (exact) mass is 380 g/mol. The molecule has 2 aromatic rings. The van der Waals surface area contributed by atoms with Crippen molar-refractivity contribution in [1.82, 2.24) is 15.6 Å². The average molecular weight is 381 g/mol. The maximum Gasteiger partial charge on any atom is 0.185 e. The number of methoxy groups -OCH3 is 1. The number of rotatable bonds is 7. The first kappa shape index (κ1) is 17.8. The summed E-state index contributed by atoms with van der Waals surface area (Å²) in [6, 6.07) is 10.4. The van der Waals surface area contributed by atoms with Gasteiger partial charge in [-0.05, 0) is 24.1 Å². The Balaban J connectivity index is 1.58. The number of allylic oxidation sites excluding steroid dienone is 2. The van der Waals surface area contributed by atoms with E-state index in [4.69, 9.17) is 9.72 Å². The molecule has 27 heavy (non-hydrogen) atoms. The summed E-state index contributed by atoms with van der Waals surface area (Å²) in [4.78, 5) is 7.15. The van der Waals surface area contributed by atoms with E-state index >= 15 is 0 Å².